The van der Waals surface area contributed by atoms with Crippen LogP contribution in [0.15, 0.2) is 24.5 Å². The molecule has 0 radical (unpaired) electrons. The van der Waals surface area contributed by atoms with E-state index in [0.717, 1.165) is 5.82 Å². The van der Waals surface area contributed by atoms with Crippen LogP contribution >= 0.6 is 23.2 Å². The number of aromatic nitrogens is 3. The molecule has 0 saturated carbocycles. The second kappa shape index (κ2) is 5.90. The van der Waals surface area contributed by atoms with Crippen molar-refractivity contribution in [2.45, 2.75) is 32.4 Å². The second-order valence-corrected chi connectivity index (χ2v) is 5.36. The lowest BCUT2D eigenvalue weighted by Gasteiger charge is -2.15. The van der Waals surface area contributed by atoms with Gasteiger partial charge < -0.3 is 5.11 Å². The fraction of sp³-hybridized carbons (Fsp3) is 0.385. The van der Waals surface area contributed by atoms with E-state index in [1.54, 1.807) is 22.9 Å². The molecular weight excluding hydrogens is 285 g/mol. The highest BCUT2D eigenvalue weighted by Crippen LogP contribution is 2.31. The topological polar surface area (TPSA) is 50.9 Å². The molecule has 2 rings (SSSR count). The third-order valence-corrected chi connectivity index (χ3v) is 3.69. The summed E-state index contributed by atoms with van der Waals surface area (Å²) in [6, 6.07) is 5.41. The summed E-state index contributed by atoms with van der Waals surface area (Å²) in [7, 11) is 0. The van der Waals surface area contributed by atoms with E-state index in [-0.39, 0.29) is 6.04 Å². The second-order valence-electron chi connectivity index (χ2n) is 4.58. The van der Waals surface area contributed by atoms with Gasteiger partial charge in [0.05, 0.1) is 16.1 Å². The summed E-state index contributed by atoms with van der Waals surface area (Å²) >= 11 is 12.0. The van der Waals surface area contributed by atoms with E-state index in [0.29, 0.717) is 22.0 Å². The summed E-state index contributed by atoms with van der Waals surface area (Å²) in [5.74, 6) is 0.721. The van der Waals surface area contributed by atoms with Crippen molar-refractivity contribution in [3.8, 4) is 0 Å². The molecule has 1 unspecified atom stereocenters. The predicted molar refractivity (Wildman–Crippen MR) is 75.5 cm³/mol. The summed E-state index contributed by atoms with van der Waals surface area (Å²) in [6.07, 6.45) is 1.08. The summed E-state index contributed by atoms with van der Waals surface area (Å²) in [6.45, 7) is 4.02. The summed E-state index contributed by atoms with van der Waals surface area (Å²) < 4.78 is 1.78. The Labute approximate surface area is 122 Å². The van der Waals surface area contributed by atoms with Crippen LogP contribution in [-0.2, 0) is 6.42 Å². The van der Waals surface area contributed by atoms with Gasteiger partial charge in [0.2, 0.25) is 0 Å². The van der Waals surface area contributed by atoms with Crippen molar-refractivity contribution in [2.24, 2.45) is 0 Å². The van der Waals surface area contributed by atoms with Crippen LogP contribution in [0.4, 0.5) is 0 Å². The van der Waals surface area contributed by atoms with Crippen molar-refractivity contribution in [1.29, 1.82) is 0 Å². The maximum atomic E-state index is 10.3. The molecule has 0 fully saturated rings. The summed E-state index contributed by atoms with van der Waals surface area (Å²) in [5.41, 5.74) is 0.604. The van der Waals surface area contributed by atoms with E-state index in [4.69, 9.17) is 23.2 Å². The van der Waals surface area contributed by atoms with Crippen LogP contribution in [0.1, 0.15) is 37.4 Å². The molecule has 1 atom stereocenters. The van der Waals surface area contributed by atoms with Crippen LogP contribution in [0, 0.1) is 0 Å². The van der Waals surface area contributed by atoms with Gasteiger partial charge in [-0.3, -0.25) is 0 Å². The summed E-state index contributed by atoms with van der Waals surface area (Å²) in [4.78, 5) is 4.17. The van der Waals surface area contributed by atoms with Crippen LogP contribution < -0.4 is 0 Å². The molecule has 1 heterocycles. The average molecular weight is 300 g/mol. The van der Waals surface area contributed by atoms with Gasteiger partial charge in [0.15, 0.2) is 0 Å². The van der Waals surface area contributed by atoms with Gasteiger partial charge in [0.25, 0.3) is 0 Å². The molecule has 102 valence electrons. The Balaban J connectivity index is 2.23. The van der Waals surface area contributed by atoms with Crippen LogP contribution in [0.3, 0.4) is 0 Å². The number of benzene rings is 1. The van der Waals surface area contributed by atoms with E-state index < -0.39 is 6.10 Å². The Morgan fingerprint density at radius 3 is 2.74 bits per heavy atom. The molecule has 1 aromatic carbocycles. The number of halogens is 2. The molecular formula is C13H15Cl2N3O. The highest BCUT2D eigenvalue weighted by Gasteiger charge is 2.18. The predicted octanol–water partition coefficient (Wildman–Crippen LogP) is 3.44. The lowest BCUT2D eigenvalue weighted by atomic mass is 10.1. The Bertz CT molecular complexity index is 569. The number of aliphatic hydroxyl groups is 1. The third-order valence-electron chi connectivity index (χ3n) is 2.85. The number of hydrogen-bond acceptors (Lipinski definition) is 3. The lowest BCUT2D eigenvalue weighted by molar-refractivity contribution is 0.173. The zero-order chi connectivity index (χ0) is 14.0. The van der Waals surface area contributed by atoms with Crippen molar-refractivity contribution in [1.82, 2.24) is 14.8 Å². The molecule has 4 nitrogen and oxygen atoms in total. The van der Waals surface area contributed by atoms with Gasteiger partial charge in [-0.25, -0.2) is 9.67 Å². The largest absolute Gasteiger partial charge is 0.388 e. The SMILES string of the molecule is CC(C)n1ncnc1CC(O)c1cccc(Cl)c1Cl. The highest BCUT2D eigenvalue weighted by molar-refractivity contribution is 6.42. The van der Waals surface area contributed by atoms with E-state index in [1.165, 1.54) is 6.33 Å². The first-order valence-electron chi connectivity index (χ1n) is 6.01. The van der Waals surface area contributed by atoms with Gasteiger partial charge in [-0.1, -0.05) is 35.3 Å². The van der Waals surface area contributed by atoms with Gasteiger partial charge in [0, 0.05) is 18.0 Å². The van der Waals surface area contributed by atoms with Crippen molar-refractivity contribution in [2.75, 3.05) is 0 Å². The van der Waals surface area contributed by atoms with E-state index in [2.05, 4.69) is 10.1 Å². The molecule has 19 heavy (non-hydrogen) atoms. The highest BCUT2D eigenvalue weighted by atomic mass is 35.5. The first-order valence-corrected chi connectivity index (χ1v) is 6.76. The number of hydrogen-bond donors (Lipinski definition) is 1. The minimum atomic E-state index is -0.757. The average Bonchev–Trinajstić information content (AvgIpc) is 2.80. The van der Waals surface area contributed by atoms with Gasteiger partial charge in [-0.15, -0.1) is 0 Å². The Morgan fingerprint density at radius 2 is 2.05 bits per heavy atom. The molecule has 0 amide bonds. The number of rotatable bonds is 4. The van der Waals surface area contributed by atoms with Crippen molar-refractivity contribution < 1.29 is 5.11 Å². The fourth-order valence-electron chi connectivity index (χ4n) is 1.91. The maximum Gasteiger partial charge on any atom is 0.138 e. The smallest absolute Gasteiger partial charge is 0.138 e. The zero-order valence-corrected chi connectivity index (χ0v) is 12.2. The van der Waals surface area contributed by atoms with Crippen LogP contribution in [0.5, 0.6) is 0 Å². The molecule has 2 aromatic rings. The molecule has 6 heteroatoms. The van der Waals surface area contributed by atoms with Gasteiger partial charge in [-0.2, -0.15) is 5.10 Å². The quantitative estimate of drug-likeness (QED) is 0.941. The molecule has 0 bridgehead atoms. The van der Waals surface area contributed by atoms with Gasteiger partial charge in [-0.05, 0) is 19.9 Å². The van der Waals surface area contributed by atoms with Crippen molar-refractivity contribution in [3.63, 3.8) is 0 Å². The van der Waals surface area contributed by atoms with Gasteiger partial charge >= 0.3 is 0 Å². The number of nitrogens with zero attached hydrogens (tertiary/aromatic N) is 3. The zero-order valence-electron chi connectivity index (χ0n) is 10.7. The third kappa shape index (κ3) is 3.08. The molecule has 0 aliphatic rings. The molecule has 0 aliphatic heterocycles. The maximum absolute atomic E-state index is 10.3. The summed E-state index contributed by atoms with van der Waals surface area (Å²) in [5, 5.41) is 15.2. The Morgan fingerprint density at radius 1 is 1.32 bits per heavy atom. The molecule has 0 spiro atoms. The van der Waals surface area contributed by atoms with Crippen LogP contribution in [-0.4, -0.2) is 19.9 Å². The van der Waals surface area contributed by atoms with Crippen molar-refractivity contribution >= 4 is 23.2 Å². The molecule has 1 N–H and O–H groups in total. The minimum absolute atomic E-state index is 0.194. The monoisotopic (exact) mass is 299 g/mol. The molecule has 1 aromatic heterocycles. The molecule has 0 saturated heterocycles. The standard InChI is InChI=1S/C13H15Cl2N3O/c1-8(2)18-12(16-7-17-18)6-11(19)9-4-3-5-10(14)13(9)15/h3-5,7-8,11,19H,6H2,1-2H3. The van der Waals surface area contributed by atoms with E-state index in [9.17, 15) is 5.11 Å². The van der Waals surface area contributed by atoms with Crippen molar-refractivity contribution in [3.05, 3.63) is 46.0 Å². The molecule has 0 aliphatic carbocycles. The lowest BCUT2D eigenvalue weighted by Crippen LogP contribution is -2.12. The van der Waals surface area contributed by atoms with Gasteiger partial charge in [0.1, 0.15) is 12.2 Å². The normalized spacial score (nSPS) is 12.9. The van der Waals surface area contributed by atoms with Crippen LogP contribution in [0.2, 0.25) is 10.0 Å². The Hall–Kier alpha value is -1.10. The first kappa shape index (κ1) is 14.3. The first-order chi connectivity index (χ1) is 9.00. The Kier molecular flexibility index (Phi) is 4.45. The van der Waals surface area contributed by atoms with E-state index in [1.807, 2.05) is 13.8 Å². The van der Waals surface area contributed by atoms with E-state index >= 15 is 0 Å². The fourth-order valence-corrected chi connectivity index (χ4v) is 2.35. The van der Waals surface area contributed by atoms with Crippen LogP contribution in [0.25, 0.3) is 0 Å². The number of aliphatic hydroxyl groups excluding tert-OH is 1. The minimum Gasteiger partial charge on any atom is -0.388 e.